The lowest BCUT2D eigenvalue weighted by Gasteiger charge is -2.17. The minimum atomic E-state index is -0.836. The van der Waals surface area contributed by atoms with Gasteiger partial charge in [-0.1, -0.05) is 31.9 Å². The van der Waals surface area contributed by atoms with Gasteiger partial charge in [0.25, 0.3) is 0 Å². The van der Waals surface area contributed by atoms with Crippen molar-refractivity contribution in [3.63, 3.8) is 0 Å². The van der Waals surface area contributed by atoms with Crippen LogP contribution >= 0.6 is 0 Å². The third-order valence-corrected chi connectivity index (χ3v) is 4.20. The van der Waals surface area contributed by atoms with Crippen molar-refractivity contribution in [1.29, 1.82) is 0 Å². The van der Waals surface area contributed by atoms with Crippen molar-refractivity contribution in [2.24, 2.45) is 11.8 Å². The molecule has 0 aromatic carbocycles. The van der Waals surface area contributed by atoms with Gasteiger partial charge in [-0.2, -0.15) is 0 Å². The molecule has 0 spiro atoms. The number of hydrogen-bond donors (Lipinski definition) is 3. The summed E-state index contributed by atoms with van der Waals surface area (Å²) in [5, 5.41) is 28.5. The highest BCUT2D eigenvalue weighted by Crippen LogP contribution is 2.35. The van der Waals surface area contributed by atoms with Crippen LogP contribution in [0.25, 0.3) is 0 Å². The molecule has 0 heterocycles. The van der Waals surface area contributed by atoms with E-state index in [1.165, 1.54) is 0 Å². The number of allylic oxidation sites excluding steroid dienone is 1. The largest absolute Gasteiger partial charge is 0.481 e. The topological polar surface area (TPSA) is 77.8 Å². The van der Waals surface area contributed by atoms with Gasteiger partial charge in [-0.05, 0) is 25.2 Å². The summed E-state index contributed by atoms with van der Waals surface area (Å²) in [6.45, 7) is 2.10. The van der Waals surface area contributed by atoms with Crippen LogP contribution in [0.3, 0.4) is 0 Å². The first-order valence-corrected chi connectivity index (χ1v) is 8.26. The molecule has 0 radical (unpaired) electrons. The van der Waals surface area contributed by atoms with Gasteiger partial charge >= 0.3 is 5.97 Å². The third-order valence-electron chi connectivity index (χ3n) is 4.20. The van der Waals surface area contributed by atoms with E-state index in [1.807, 2.05) is 12.2 Å². The fraction of sp³-hybridized carbons (Fsp3) is 0.722. The first kappa shape index (κ1) is 18.7. The average Bonchev–Trinajstić information content (AvgIpc) is 2.83. The van der Waals surface area contributed by atoms with E-state index in [9.17, 15) is 15.0 Å². The molecule has 0 amide bonds. The van der Waals surface area contributed by atoms with Gasteiger partial charge in [-0.3, -0.25) is 4.79 Å². The summed E-state index contributed by atoms with van der Waals surface area (Å²) < 4.78 is 0. The Kier molecular flexibility index (Phi) is 8.88. The quantitative estimate of drug-likeness (QED) is 0.476. The summed E-state index contributed by atoms with van der Waals surface area (Å²) >= 11 is 0. The van der Waals surface area contributed by atoms with Crippen LogP contribution in [-0.2, 0) is 4.79 Å². The highest BCUT2D eigenvalue weighted by atomic mass is 16.4. The minimum Gasteiger partial charge on any atom is -0.481 e. The number of rotatable bonds is 8. The first-order chi connectivity index (χ1) is 10.5. The van der Waals surface area contributed by atoms with Gasteiger partial charge in [0.05, 0.1) is 18.6 Å². The second-order valence-electron chi connectivity index (χ2n) is 6.02. The number of carbonyl (C=O) groups is 1. The monoisotopic (exact) mass is 308 g/mol. The maximum atomic E-state index is 10.4. The van der Waals surface area contributed by atoms with Crippen molar-refractivity contribution in [1.82, 2.24) is 0 Å². The van der Waals surface area contributed by atoms with E-state index < -0.39 is 12.1 Å². The number of carboxylic acids is 1. The van der Waals surface area contributed by atoms with E-state index in [0.717, 1.165) is 32.1 Å². The molecule has 1 aliphatic rings. The second kappa shape index (κ2) is 10.4. The van der Waals surface area contributed by atoms with Gasteiger partial charge in [0, 0.05) is 18.8 Å². The van der Waals surface area contributed by atoms with Crippen molar-refractivity contribution in [2.75, 3.05) is 0 Å². The number of unbranched alkanes of at least 4 members (excludes halogenated alkanes) is 1. The van der Waals surface area contributed by atoms with Gasteiger partial charge in [0.1, 0.15) is 0 Å². The highest BCUT2D eigenvalue weighted by molar-refractivity contribution is 5.66. The Balaban J connectivity index is 2.45. The molecule has 1 saturated carbocycles. The molecule has 0 bridgehead atoms. The molecular weight excluding hydrogens is 280 g/mol. The molecule has 1 aliphatic carbocycles. The summed E-state index contributed by atoms with van der Waals surface area (Å²) in [5.74, 6) is 5.36. The van der Waals surface area contributed by atoms with Crippen molar-refractivity contribution in [3.05, 3.63) is 12.2 Å². The summed E-state index contributed by atoms with van der Waals surface area (Å²) in [5.41, 5.74) is 0. The van der Waals surface area contributed by atoms with Crippen molar-refractivity contribution < 1.29 is 20.1 Å². The van der Waals surface area contributed by atoms with E-state index >= 15 is 0 Å². The Bertz CT molecular complexity index is 419. The maximum Gasteiger partial charge on any atom is 0.304 e. The lowest BCUT2D eigenvalue weighted by atomic mass is 9.91. The molecule has 0 aromatic heterocycles. The van der Waals surface area contributed by atoms with Gasteiger partial charge in [0.15, 0.2) is 0 Å². The predicted octanol–water partition coefficient (Wildman–Crippen LogP) is 2.74. The normalized spacial score (nSPS) is 25.9. The first-order valence-electron chi connectivity index (χ1n) is 8.26. The standard InChI is InChI=1S/C18H28O4/c1-2-3-7-15(19)12-10-14-11-13-17(20)16(14)8-5-4-6-9-18(21)22/h10,12,14-17,19-20H,2-3,6-9,11,13H2,1H3,(H,21,22). The Morgan fingerprint density at radius 3 is 2.82 bits per heavy atom. The summed E-state index contributed by atoms with van der Waals surface area (Å²) in [6, 6.07) is 0. The predicted molar refractivity (Wildman–Crippen MR) is 86.2 cm³/mol. The molecular formula is C18H28O4. The number of aliphatic carboxylic acids is 1. The third kappa shape index (κ3) is 7.11. The maximum absolute atomic E-state index is 10.4. The summed E-state index contributed by atoms with van der Waals surface area (Å²) in [4.78, 5) is 10.4. The molecule has 1 fully saturated rings. The molecule has 4 atom stereocenters. The Hall–Kier alpha value is -1.31. The number of aliphatic hydroxyl groups is 2. The smallest absolute Gasteiger partial charge is 0.304 e. The zero-order valence-electron chi connectivity index (χ0n) is 13.4. The minimum absolute atomic E-state index is 0.0627. The van der Waals surface area contributed by atoms with Crippen LogP contribution in [0.2, 0.25) is 0 Å². The number of aliphatic hydroxyl groups excluding tert-OH is 2. The molecule has 0 aliphatic heterocycles. The van der Waals surface area contributed by atoms with Crippen LogP contribution in [0.15, 0.2) is 12.2 Å². The molecule has 4 heteroatoms. The average molecular weight is 308 g/mol. The van der Waals surface area contributed by atoms with Crippen LogP contribution in [0.5, 0.6) is 0 Å². The van der Waals surface area contributed by atoms with Gasteiger partial charge in [0.2, 0.25) is 0 Å². The van der Waals surface area contributed by atoms with E-state index in [0.29, 0.717) is 12.8 Å². The van der Waals surface area contributed by atoms with Gasteiger partial charge in [-0.15, -0.1) is 11.8 Å². The van der Waals surface area contributed by atoms with Crippen LogP contribution in [-0.4, -0.2) is 33.5 Å². The molecule has 4 nitrogen and oxygen atoms in total. The van der Waals surface area contributed by atoms with Crippen molar-refractivity contribution >= 4 is 5.97 Å². The van der Waals surface area contributed by atoms with E-state index in [2.05, 4.69) is 18.8 Å². The van der Waals surface area contributed by atoms with Crippen molar-refractivity contribution in [3.8, 4) is 11.8 Å². The Labute approximate surface area is 133 Å². The molecule has 1 rings (SSSR count). The molecule has 3 N–H and O–H groups in total. The van der Waals surface area contributed by atoms with E-state index in [1.54, 1.807) is 0 Å². The molecule has 0 aromatic rings. The van der Waals surface area contributed by atoms with Crippen LogP contribution in [0, 0.1) is 23.7 Å². The fourth-order valence-corrected chi connectivity index (χ4v) is 2.83. The summed E-state index contributed by atoms with van der Waals surface area (Å²) in [7, 11) is 0. The highest BCUT2D eigenvalue weighted by Gasteiger charge is 2.32. The lowest BCUT2D eigenvalue weighted by Crippen LogP contribution is -2.18. The van der Waals surface area contributed by atoms with Crippen LogP contribution in [0.4, 0.5) is 0 Å². The SMILES string of the molecule is CCCCC(O)C=CC1CCC(O)C1CC#CCCC(=O)O. The van der Waals surface area contributed by atoms with Gasteiger partial charge < -0.3 is 15.3 Å². The fourth-order valence-electron chi connectivity index (χ4n) is 2.83. The molecule has 22 heavy (non-hydrogen) atoms. The van der Waals surface area contributed by atoms with Crippen LogP contribution < -0.4 is 0 Å². The summed E-state index contributed by atoms with van der Waals surface area (Å²) in [6.07, 6.45) is 8.67. The van der Waals surface area contributed by atoms with E-state index in [4.69, 9.17) is 5.11 Å². The Morgan fingerprint density at radius 1 is 1.36 bits per heavy atom. The van der Waals surface area contributed by atoms with Crippen molar-refractivity contribution in [2.45, 2.75) is 70.5 Å². The number of hydrogen-bond acceptors (Lipinski definition) is 3. The zero-order chi connectivity index (χ0) is 16.4. The van der Waals surface area contributed by atoms with Gasteiger partial charge in [-0.25, -0.2) is 0 Å². The molecule has 124 valence electrons. The van der Waals surface area contributed by atoms with E-state index in [-0.39, 0.29) is 24.4 Å². The molecule has 4 unspecified atom stereocenters. The zero-order valence-corrected chi connectivity index (χ0v) is 13.4. The molecule has 0 saturated heterocycles. The second-order valence-corrected chi connectivity index (χ2v) is 6.02. The Morgan fingerprint density at radius 2 is 2.14 bits per heavy atom. The lowest BCUT2D eigenvalue weighted by molar-refractivity contribution is -0.136. The van der Waals surface area contributed by atoms with Crippen LogP contribution in [0.1, 0.15) is 58.3 Å². The number of carboxylic acid groups (broad SMARTS) is 1.